The van der Waals surface area contributed by atoms with Gasteiger partial charge in [-0.15, -0.1) is 0 Å². The highest BCUT2D eigenvalue weighted by molar-refractivity contribution is 7.71. The maximum atomic E-state index is 13.9. The number of pyridine rings is 1. The van der Waals surface area contributed by atoms with Crippen LogP contribution in [-0.2, 0) is 21.8 Å². The fraction of sp³-hybridized carbons (Fsp3) is 0.278. The normalized spacial score (nSPS) is 21.8. The molecular formula is C18H16ClFN4O3S. The summed E-state index contributed by atoms with van der Waals surface area (Å²) in [6.07, 6.45) is 2.75. The quantitative estimate of drug-likeness (QED) is 0.621. The van der Waals surface area contributed by atoms with E-state index in [0.29, 0.717) is 23.7 Å². The molecule has 1 aliphatic heterocycles. The molecule has 1 fully saturated rings. The van der Waals surface area contributed by atoms with Gasteiger partial charge in [-0.2, -0.15) is 0 Å². The summed E-state index contributed by atoms with van der Waals surface area (Å²) in [6.45, 7) is 2.68. The molecule has 146 valence electrons. The Bertz CT molecular complexity index is 1040. The van der Waals surface area contributed by atoms with E-state index in [1.807, 2.05) is 6.92 Å². The first kappa shape index (κ1) is 19.0. The molecule has 1 aliphatic rings. The van der Waals surface area contributed by atoms with Gasteiger partial charge < -0.3 is 14.2 Å². The average molecular weight is 423 g/mol. The number of aromatic nitrogens is 4. The minimum atomic E-state index is -1.02. The van der Waals surface area contributed by atoms with Gasteiger partial charge in [0.2, 0.25) is 10.6 Å². The van der Waals surface area contributed by atoms with Gasteiger partial charge in [-0.3, -0.25) is 9.78 Å². The summed E-state index contributed by atoms with van der Waals surface area (Å²) in [7, 11) is 0. The molecule has 0 spiro atoms. The van der Waals surface area contributed by atoms with Crippen LogP contribution in [0.5, 0.6) is 11.6 Å². The molecule has 1 N–H and O–H groups in total. The molecule has 0 saturated carbocycles. The Hall–Kier alpha value is -2.33. The van der Waals surface area contributed by atoms with Crippen LogP contribution in [0.15, 0.2) is 42.9 Å². The molecule has 2 atom stereocenters. The van der Waals surface area contributed by atoms with E-state index < -0.39 is 11.6 Å². The third kappa shape index (κ3) is 3.79. The van der Waals surface area contributed by atoms with Crippen LogP contribution < -0.4 is 4.74 Å². The maximum Gasteiger partial charge on any atom is 0.255 e. The smallest absolute Gasteiger partial charge is 0.255 e. The van der Waals surface area contributed by atoms with Crippen molar-refractivity contribution < 1.29 is 18.6 Å². The van der Waals surface area contributed by atoms with E-state index in [-0.39, 0.29) is 17.0 Å². The Morgan fingerprint density at radius 1 is 1.39 bits per heavy atom. The monoisotopic (exact) mass is 422 g/mol. The van der Waals surface area contributed by atoms with E-state index in [1.165, 1.54) is 12.5 Å². The highest BCUT2D eigenvalue weighted by Gasteiger charge is 2.42. The average Bonchev–Trinajstić information content (AvgIpc) is 3.25. The molecule has 3 aromatic rings. The third-order valence-corrected chi connectivity index (χ3v) is 4.74. The lowest BCUT2D eigenvalue weighted by molar-refractivity contribution is -0.187. The summed E-state index contributed by atoms with van der Waals surface area (Å²) in [5.41, 5.74) is 0.769. The zero-order chi connectivity index (χ0) is 19.7. The fourth-order valence-corrected chi connectivity index (χ4v) is 3.25. The number of halogens is 2. The Balaban J connectivity index is 1.60. The minimum Gasteiger partial charge on any atom is -0.436 e. The van der Waals surface area contributed by atoms with Crippen molar-refractivity contribution in [2.24, 2.45) is 0 Å². The number of hydrogen-bond acceptors (Lipinski definition) is 6. The molecule has 7 nitrogen and oxygen atoms in total. The summed E-state index contributed by atoms with van der Waals surface area (Å²) in [5.74, 6) is -1.40. The standard InChI is InChI=1S/C18H16ClFN4O3S/c1-11-8-25-18(27-11,9-24-17(28)22-10-23-24)12-2-4-14(5-3-12)26-16-15(20)6-13(19)7-21-16/h2-7,10-11H,8-9H2,1H3,(H,22,23,28). The van der Waals surface area contributed by atoms with E-state index in [2.05, 4.69) is 15.1 Å². The van der Waals surface area contributed by atoms with Crippen LogP contribution >= 0.6 is 23.8 Å². The lowest BCUT2D eigenvalue weighted by Gasteiger charge is -2.28. The molecule has 28 heavy (non-hydrogen) atoms. The van der Waals surface area contributed by atoms with Crippen molar-refractivity contribution in [3.05, 3.63) is 64.0 Å². The zero-order valence-electron chi connectivity index (χ0n) is 14.8. The van der Waals surface area contributed by atoms with Crippen LogP contribution in [0, 0.1) is 10.6 Å². The molecule has 0 bridgehead atoms. The Labute approximate surface area is 170 Å². The Morgan fingerprint density at radius 2 is 2.18 bits per heavy atom. The molecule has 0 aliphatic carbocycles. The number of aromatic amines is 1. The van der Waals surface area contributed by atoms with Gasteiger partial charge in [-0.1, -0.05) is 11.6 Å². The number of nitrogens with zero attached hydrogens (tertiary/aromatic N) is 3. The molecular weight excluding hydrogens is 407 g/mol. The number of rotatable bonds is 5. The van der Waals surface area contributed by atoms with E-state index in [0.717, 1.165) is 11.6 Å². The predicted molar refractivity (Wildman–Crippen MR) is 101 cm³/mol. The van der Waals surface area contributed by atoms with Crippen LogP contribution in [0.4, 0.5) is 4.39 Å². The molecule has 0 radical (unpaired) electrons. The van der Waals surface area contributed by atoms with E-state index >= 15 is 0 Å². The number of benzene rings is 1. The number of H-pyrrole nitrogens is 1. The van der Waals surface area contributed by atoms with Crippen molar-refractivity contribution >= 4 is 23.8 Å². The van der Waals surface area contributed by atoms with E-state index in [9.17, 15) is 4.39 Å². The largest absolute Gasteiger partial charge is 0.436 e. The molecule has 1 saturated heterocycles. The molecule has 0 amide bonds. The third-order valence-electron chi connectivity index (χ3n) is 4.21. The van der Waals surface area contributed by atoms with Crippen molar-refractivity contribution in [1.82, 2.24) is 19.7 Å². The van der Waals surface area contributed by atoms with Crippen molar-refractivity contribution in [1.29, 1.82) is 0 Å². The van der Waals surface area contributed by atoms with Crippen LogP contribution in [0.1, 0.15) is 12.5 Å². The van der Waals surface area contributed by atoms with Crippen molar-refractivity contribution in [2.75, 3.05) is 6.61 Å². The molecule has 1 aromatic carbocycles. The molecule has 2 unspecified atom stereocenters. The zero-order valence-corrected chi connectivity index (χ0v) is 16.3. The first-order chi connectivity index (χ1) is 13.4. The van der Waals surface area contributed by atoms with E-state index in [4.69, 9.17) is 38.0 Å². The highest BCUT2D eigenvalue weighted by atomic mass is 35.5. The van der Waals surface area contributed by atoms with Gasteiger partial charge in [0, 0.05) is 11.8 Å². The van der Waals surface area contributed by atoms with Gasteiger partial charge in [-0.25, -0.2) is 14.4 Å². The molecule has 2 aromatic heterocycles. The van der Waals surface area contributed by atoms with E-state index in [1.54, 1.807) is 28.9 Å². The van der Waals surface area contributed by atoms with Gasteiger partial charge >= 0.3 is 0 Å². The van der Waals surface area contributed by atoms with Crippen LogP contribution in [0.25, 0.3) is 0 Å². The van der Waals surface area contributed by atoms with Gasteiger partial charge in [0.05, 0.1) is 17.7 Å². The van der Waals surface area contributed by atoms with Gasteiger partial charge in [0.1, 0.15) is 18.6 Å². The predicted octanol–water partition coefficient (Wildman–Crippen LogP) is 4.21. The summed E-state index contributed by atoms with van der Waals surface area (Å²) >= 11 is 10.9. The van der Waals surface area contributed by atoms with Crippen molar-refractivity contribution in [3.8, 4) is 11.6 Å². The van der Waals surface area contributed by atoms with Crippen LogP contribution in [0.2, 0.25) is 5.02 Å². The lowest BCUT2D eigenvalue weighted by Crippen LogP contribution is -2.34. The lowest BCUT2D eigenvalue weighted by atomic mass is 10.1. The summed E-state index contributed by atoms with van der Waals surface area (Å²) in [4.78, 5) is 7.87. The Morgan fingerprint density at radius 3 is 2.79 bits per heavy atom. The van der Waals surface area contributed by atoms with Crippen molar-refractivity contribution in [3.63, 3.8) is 0 Å². The topological polar surface area (TPSA) is 74.2 Å². The second-order valence-corrected chi connectivity index (χ2v) is 7.12. The molecule has 4 rings (SSSR count). The highest BCUT2D eigenvalue weighted by Crippen LogP contribution is 2.37. The number of hydrogen-bond donors (Lipinski definition) is 1. The van der Waals surface area contributed by atoms with Crippen LogP contribution in [0.3, 0.4) is 0 Å². The molecule has 3 heterocycles. The summed E-state index contributed by atoms with van der Waals surface area (Å²) < 4.78 is 33.5. The number of nitrogens with one attached hydrogen (secondary N) is 1. The summed E-state index contributed by atoms with van der Waals surface area (Å²) in [5, 5.41) is 3.15. The van der Waals surface area contributed by atoms with Gasteiger partial charge in [0.25, 0.3) is 5.88 Å². The first-order valence-electron chi connectivity index (χ1n) is 8.47. The summed E-state index contributed by atoms with van der Waals surface area (Å²) in [6, 6.07) is 8.11. The second-order valence-electron chi connectivity index (χ2n) is 6.32. The van der Waals surface area contributed by atoms with Gasteiger partial charge in [-0.05, 0) is 49.5 Å². The van der Waals surface area contributed by atoms with Crippen LogP contribution in [-0.4, -0.2) is 32.5 Å². The Kier molecular flexibility index (Phi) is 5.15. The maximum absolute atomic E-state index is 13.9. The minimum absolute atomic E-state index is 0.0830. The van der Waals surface area contributed by atoms with Crippen molar-refractivity contribution in [2.45, 2.75) is 25.4 Å². The second kappa shape index (κ2) is 7.59. The fourth-order valence-electron chi connectivity index (χ4n) is 2.94. The first-order valence-corrected chi connectivity index (χ1v) is 9.25. The molecule has 10 heteroatoms. The van der Waals surface area contributed by atoms with Gasteiger partial charge in [0.15, 0.2) is 5.82 Å². The number of ether oxygens (including phenoxy) is 3. The SMILES string of the molecule is CC1COC(Cn2[nH]cnc2=S)(c2ccc(Oc3ncc(Cl)cc3F)cc2)O1.